The van der Waals surface area contributed by atoms with Gasteiger partial charge >= 0.3 is 0 Å². The first-order valence-corrected chi connectivity index (χ1v) is 15.3. The number of rotatable bonds is 11. The molecule has 0 saturated carbocycles. The van der Waals surface area contributed by atoms with Gasteiger partial charge in [-0.15, -0.1) is 0 Å². The lowest BCUT2D eigenvalue weighted by atomic mass is 9.96. The van der Waals surface area contributed by atoms with Gasteiger partial charge in [0, 0.05) is 42.7 Å². The summed E-state index contributed by atoms with van der Waals surface area (Å²) >= 11 is 13.5. The summed E-state index contributed by atoms with van der Waals surface area (Å²) < 4.78 is 18.0. The van der Waals surface area contributed by atoms with Crippen molar-refractivity contribution in [1.82, 2.24) is 15.5 Å². The number of methoxy groups -OCH3 is 1. The van der Waals surface area contributed by atoms with Crippen molar-refractivity contribution >= 4 is 29.1 Å². The number of likely N-dealkylation sites (tertiary alicyclic amines) is 1. The van der Waals surface area contributed by atoms with Crippen LogP contribution in [0.2, 0.25) is 10.0 Å². The number of benzene rings is 3. The molecular weight excluding hydrogens is 573 g/mol. The molecule has 2 atom stereocenters. The molecule has 2 fully saturated rings. The second-order valence-corrected chi connectivity index (χ2v) is 12.0. The molecule has 2 unspecified atom stereocenters. The van der Waals surface area contributed by atoms with E-state index in [4.69, 9.17) is 37.4 Å². The van der Waals surface area contributed by atoms with Gasteiger partial charge in [0.25, 0.3) is 0 Å². The van der Waals surface area contributed by atoms with Gasteiger partial charge in [-0.1, -0.05) is 53.5 Å². The van der Waals surface area contributed by atoms with Crippen LogP contribution < -0.4 is 24.8 Å². The minimum atomic E-state index is -0.209. The van der Waals surface area contributed by atoms with Gasteiger partial charge in [0.1, 0.15) is 23.9 Å². The maximum Gasteiger partial charge on any atom is 0.237 e. The van der Waals surface area contributed by atoms with Crippen molar-refractivity contribution in [2.75, 3.05) is 40.4 Å². The second kappa shape index (κ2) is 14.0. The van der Waals surface area contributed by atoms with Gasteiger partial charge in [-0.25, -0.2) is 0 Å². The fourth-order valence-electron chi connectivity index (χ4n) is 5.77. The SMILES string of the molecule is COc1cc(OCc2cccc(-c3cccc(OCC4CCCN(C)C4)c3Cl)c2C)c(Cl)cc1CNC1CCNC1=O. The van der Waals surface area contributed by atoms with Crippen molar-refractivity contribution in [3.63, 3.8) is 0 Å². The van der Waals surface area contributed by atoms with Gasteiger partial charge in [0.15, 0.2) is 0 Å². The summed E-state index contributed by atoms with van der Waals surface area (Å²) in [6.45, 7) is 6.41. The highest BCUT2D eigenvalue weighted by Crippen LogP contribution is 2.39. The number of ether oxygens (including phenoxy) is 3. The number of hydrogen-bond donors (Lipinski definition) is 2. The fraction of sp³-hybridized carbons (Fsp3) is 0.424. The number of hydrogen-bond acceptors (Lipinski definition) is 6. The highest BCUT2D eigenvalue weighted by atomic mass is 35.5. The lowest BCUT2D eigenvalue weighted by Crippen LogP contribution is -2.35. The van der Waals surface area contributed by atoms with Crippen LogP contribution in [0, 0.1) is 12.8 Å². The molecule has 0 bridgehead atoms. The third-order valence-corrected chi connectivity index (χ3v) is 8.89. The molecule has 9 heteroatoms. The van der Waals surface area contributed by atoms with Crippen LogP contribution in [0.25, 0.3) is 11.1 Å². The Kier molecular flexibility index (Phi) is 10.2. The Morgan fingerprint density at radius 3 is 2.57 bits per heavy atom. The molecule has 0 aromatic heterocycles. The van der Waals surface area contributed by atoms with E-state index in [2.05, 4.69) is 35.6 Å². The summed E-state index contributed by atoms with van der Waals surface area (Å²) in [6, 6.07) is 15.5. The Morgan fingerprint density at radius 1 is 1.00 bits per heavy atom. The molecule has 3 aromatic rings. The van der Waals surface area contributed by atoms with E-state index < -0.39 is 0 Å². The van der Waals surface area contributed by atoms with Crippen molar-refractivity contribution in [1.29, 1.82) is 0 Å². The first kappa shape index (κ1) is 30.5. The van der Waals surface area contributed by atoms with Crippen molar-refractivity contribution in [2.24, 2.45) is 5.92 Å². The molecule has 0 radical (unpaired) electrons. The van der Waals surface area contributed by atoms with E-state index in [1.165, 1.54) is 12.8 Å². The zero-order valence-electron chi connectivity index (χ0n) is 24.5. The minimum Gasteiger partial charge on any atom is -0.496 e. The predicted molar refractivity (Wildman–Crippen MR) is 168 cm³/mol. The van der Waals surface area contributed by atoms with Crippen LogP contribution in [0.5, 0.6) is 17.2 Å². The van der Waals surface area contributed by atoms with Crippen LogP contribution in [0.4, 0.5) is 0 Å². The van der Waals surface area contributed by atoms with Crippen LogP contribution in [-0.2, 0) is 17.9 Å². The van der Waals surface area contributed by atoms with Crippen LogP contribution in [-0.4, -0.2) is 57.2 Å². The molecule has 0 aliphatic carbocycles. The standard InChI is InChI=1S/C33H39Cl2N3O4/c1-21-23(20-42-31-16-30(40-3)24(15-27(31)34)17-37-28-12-13-36-33(28)39)8-4-9-25(21)26-10-5-11-29(32(26)35)41-19-22-7-6-14-38(2)18-22/h4-5,8-11,15-16,22,28,37H,6-7,12-14,17-20H2,1-3H3,(H,36,39). The Balaban J connectivity index is 1.27. The van der Waals surface area contributed by atoms with Gasteiger partial charge in [-0.3, -0.25) is 4.79 Å². The average Bonchev–Trinajstić information content (AvgIpc) is 3.40. The van der Waals surface area contributed by atoms with Crippen LogP contribution in [0.3, 0.4) is 0 Å². The molecule has 2 N–H and O–H groups in total. The summed E-state index contributed by atoms with van der Waals surface area (Å²) in [4.78, 5) is 14.3. The zero-order valence-corrected chi connectivity index (χ0v) is 26.0. The van der Waals surface area contributed by atoms with Crippen LogP contribution in [0.15, 0.2) is 48.5 Å². The van der Waals surface area contributed by atoms with E-state index in [1.807, 2.05) is 36.4 Å². The molecule has 2 saturated heterocycles. The molecule has 2 aliphatic rings. The summed E-state index contributed by atoms with van der Waals surface area (Å²) in [7, 11) is 3.78. The van der Waals surface area contributed by atoms with E-state index in [1.54, 1.807) is 13.2 Å². The summed E-state index contributed by atoms with van der Waals surface area (Å²) in [5, 5.41) is 7.22. The van der Waals surface area contributed by atoms with E-state index in [0.717, 1.165) is 47.3 Å². The van der Waals surface area contributed by atoms with E-state index in [-0.39, 0.29) is 11.9 Å². The fourth-order valence-corrected chi connectivity index (χ4v) is 6.29. The van der Waals surface area contributed by atoms with Gasteiger partial charge in [0.05, 0.1) is 29.8 Å². The van der Waals surface area contributed by atoms with Gasteiger partial charge in [0.2, 0.25) is 5.91 Å². The van der Waals surface area contributed by atoms with Crippen molar-refractivity contribution in [3.05, 3.63) is 75.3 Å². The molecule has 3 aromatic carbocycles. The third kappa shape index (κ3) is 7.14. The number of amides is 1. The number of carbonyl (C=O) groups excluding carboxylic acids is 1. The highest BCUT2D eigenvalue weighted by Gasteiger charge is 2.24. The maximum atomic E-state index is 11.9. The second-order valence-electron chi connectivity index (χ2n) is 11.2. The molecule has 1 amide bonds. The highest BCUT2D eigenvalue weighted by molar-refractivity contribution is 6.35. The van der Waals surface area contributed by atoms with Crippen molar-refractivity contribution < 1.29 is 19.0 Å². The Labute approximate surface area is 258 Å². The van der Waals surface area contributed by atoms with E-state index in [0.29, 0.717) is 59.5 Å². The summed E-state index contributed by atoms with van der Waals surface area (Å²) in [5.41, 5.74) is 4.92. The number of nitrogens with one attached hydrogen (secondary N) is 2. The monoisotopic (exact) mass is 611 g/mol. The molecule has 2 heterocycles. The molecule has 7 nitrogen and oxygen atoms in total. The quantitative estimate of drug-likeness (QED) is 0.267. The van der Waals surface area contributed by atoms with Crippen molar-refractivity contribution in [2.45, 2.75) is 45.4 Å². The van der Waals surface area contributed by atoms with E-state index >= 15 is 0 Å². The van der Waals surface area contributed by atoms with Gasteiger partial charge < -0.3 is 29.7 Å². The topological polar surface area (TPSA) is 72.1 Å². The molecule has 5 rings (SSSR count). The Bertz CT molecular complexity index is 1420. The van der Waals surface area contributed by atoms with Crippen LogP contribution >= 0.6 is 23.2 Å². The lowest BCUT2D eigenvalue weighted by Gasteiger charge is -2.29. The zero-order chi connectivity index (χ0) is 29.6. The van der Waals surface area contributed by atoms with Crippen molar-refractivity contribution in [3.8, 4) is 28.4 Å². The number of carbonyl (C=O) groups is 1. The molecule has 0 spiro atoms. The van der Waals surface area contributed by atoms with Gasteiger partial charge in [-0.05, 0) is 68.6 Å². The normalized spacial score (nSPS) is 19.0. The molecule has 224 valence electrons. The summed E-state index contributed by atoms with van der Waals surface area (Å²) in [5.74, 6) is 2.42. The maximum absolute atomic E-state index is 11.9. The first-order chi connectivity index (χ1) is 20.3. The smallest absolute Gasteiger partial charge is 0.237 e. The number of halogens is 2. The lowest BCUT2D eigenvalue weighted by molar-refractivity contribution is -0.120. The van der Waals surface area contributed by atoms with Gasteiger partial charge in [-0.2, -0.15) is 0 Å². The summed E-state index contributed by atoms with van der Waals surface area (Å²) in [6.07, 6.45) is 3.14. The van der Waals surface area contributed by atoms with E-state index in [9.17, 15) is 4.79 Å². The first-order valence-electron chi connectivity index (χ1n) is 14.5. The number of piperidine rings is 1. The predicted octanol–water partition coefficient (Wildman–Crippen LogP) is 6.26. The van der Waals surface area contributed by atoms with Crippen LogP contribution in [0.1, 0.15) is 36.0 Å². The number of nitrogens with zero attached hydrogens (tertiary/aromatic N) is 1. The molecule has 42 heavy (non-hydrogen) atoms. The average molecular weight is 613 g/mol. The Morgan fingerprint density at radius 2 is 1.81 bits per heavy atom. The molecule has 2 aliphatic heterocycles. The third-order valence-electron chi connectivity index (χ3n) is 8.20. The Hall–Kier alpha value is -2.97. The minimum absolute atomic E-state index is 0.0191. The molecular formula is C33H39Cl2N3O4. The largest absolute Gasteiger partial charge is 0.496 e.